The van der Waals surface area contributed by atoms with Crippen LogP contribution in [-0.2, 0) is 4.79 Å². The molecule has 21 heavy (non-hydrogen) atoms. The number of benzene rings is 1. The van der Waals surface area contributed by atoms with Crippen LogP contribution in [-0.4, -0.2) is 21.8 Å². The number of carbonyl (C=O) groups excluding carboxylic acids is 1. The van der Waals surface area contributed by atoms with E-state index in [9.17, 15) is 4.79 Å². The van der Waals surface area contributed by atoms with Gasteiger partial charge in [-0.3, -0.25) is 4.79 Å². The Kier molecular flexibility index (Phi) is 4.58. The van der Waals surface area contributed by atoms with Gasteiger partial charge in [0.1, 0.15) is 12.4 Å². The zero-order valence-electron chi connectivity index (χ0n) is 11.2. The van der Waals surface area contributed by atoms with Crippen LogP contribution < -0.4 is 10.6 Å². The monoisotopic (exact) mass is 384 g/mol. The van der Waals surface area contributed by atoms with E-state index in [1.165, 1.54) is 23.3 Å². The second-order valence-corrected chi connectivity index (χ2v) is 7.48. The summed E-state index contributed by atoms with van der Waals surface area (Å²) >= 11 is 6.47. The summed E-state index contributed by atoms with van der Waals surface area (Å²) in [5.74, 6) is 0.00316. The van der Waals surface area contributed by atoms with E-state index < -0.39 is 0 Å². The van der Waals surface area contributed by atoms with Crippen molar-refractivity contribution in [3.63, 3.8) is 0 Å². The van der Waals surface area contributed by atoms with E-state index in [1.54, 1.807) is 6.33 Å². The molecule has 0 aliphatic carbocycles. The highest BCUT2D eigenvalue weighted by Gasteiger charge is 2.31. The molecule has 1 aliphatic heterocycles. The van der Waals surface area contributed by atoms with Crippen LogP contribution in [0.25, 0.3) is 0 Å². The zero-order valence-corrected chi connectivity index (χ0v) is 14.4. The zero-order chi connectivity index (χ0) is 14.8. The summed E-state index contributed by atoms with van der Waals surface area (Å²) < 4.78 is 5.83. The first kappa shape index (κ1) is 15.0. The van der Waals surface area contributed by atoms with Crippen LogP contribution in [0, 0.1) is 0 Å². The molecule has 1 unspecified atom stereocenters. The quantitative estimate of drug-likeness (QED) is 0.826. The second-order valence-electron chi connectivity index (χ2n) is 4.56. The van der Waals surface area contributed by atoms with Gasteiger partial charge in [0.05, 0.1) is 0 Å². The molecule has 0 saturated heterocycles. The van der Waals surface area contributed by atoms with Crippen molar-refractivity contribution in [1.82, 2.24) is 14.7 Å². The minimum Gasteiger partial charge on any atom is -0.324 e. The lowest BCUT2D eigenvalue weighted by Crippen LogP contribution is -2.27. The number of rotatable bonds is 5. The van der Waals surface area contributed by atoms with Crippen molar-refractivity contribution in [3.8, 4) is 0 Å². The van der Waals surface area contributed by atoms with Gasteiger partial charge >= 0.3 is 0 Å². The van der Waals surface area contributed by atoms with Gasteiger partial charge in [0, 0.05) is 20.6 Å². The van der Waals surface area contributed by atoms with Gasteiger partial charge in [-0.1, -0.05) is 18.7 Å². The average molecular weight is 385 g/mol. The number of anilines is 1. The van der Waals surface area contributed by atoms with E-state index >= 15 is 0 Å². The summed E-state index contributed by atoms with van der Waals surface area (Å²) in [7, 11) is 0. The van der Waals surface area contributed by atoms with Gasteiger partial charge in [0.25, 0.3) is 0 Å². The number of halogens is 1. The van der Waals surface area contributed by atoms with Gasteiger partial charge in [-0.25, -0.2) is 4.98 Å². The molecule has 1 aliphatic rings. The van der Waals surface area contributed by atoms with Crippen LogP contribution in [0.2, 0.25) is 0 Å². The molecule has 1 amide bonds. The number of carbonyl (C=O) groups is 1. The normalized spacial score (nSPS) is 16.9. The van der Waals surface area contributed by atoms with Crippen molar-refractivity contribution in [3.05, 3.63) is 28.5 Å². The van der Waals surface area contributed by atoms with Crippen molar-refractivity contribution in [2.45, 2.75) is 28.6 Å². The predicted molar refractivity (Wildman–Crippen MR) is 87.8 cm³/mol. The number of nitrogens with zero attached hydrogens (tertiary/aromatic N) is 2. The van der Waals surface area contributed by atoms with Crippen molar-refractivity contribution >= 4 is 50.8 Å². The third kappa shape index (κ3) is 3.13. The van der Waals surface area contributed by atoms with E-state index in [0.717, 1.165) is 37.9 Å². The number of hydrogen-bond acceptors (Lipinski definition) is 6. The molecule has 2 heterocycles. The lowest BCUT2D eigenvalue weighted by Gasteiger charge is -2.11. The standard InChI is InChI=1S/C13H13BrN4OS2/c1-2-3-15-11-7-4-8(14)10(5-9(7)18-12(11)19)20-13-16-6-17-21-13/h4-6,11,15H,2-3H2,1H3,(H,18,19). The summed E-state index contributed by atoms with van der Waals surface area (Å²) in [6.07, 6.45) is 2.53. The maximum atomic E-state index is 12.1. The molecule has 0 bridgehead atoms. The highest BCUT2D eigenvalue weighted by molar-refractivity contribution is 9.10. The van der Waals surface area contributed by atoms with Crippen LogP contribution in [0.1, 0.15) is 24.9 Å². The summed E-state index contributed by atoms with van der Waals surface area (Å²) in [6.45, 7) is 2.90. The van der Waals surface area contributed by atoms with E-state index in [0.29, 0.717) is 0 Å². The van der Waals surface area contributed by atoms with Crippen LogP contribution in [0.3, 0.4) is 0 Å². The number of nitrogens with one attached hydrogen (secondary N) is 2. The Balaban J connectivity index is 1.88. The first-order valence-electron chi connectivity index (χ1n) is 6.51. The van der Waals surface area contributed by atoms with Crippen LogP contribution >= 0.6 is 39.2 Å². The fraction of sp³-hybridized carbons (Fsp3) is 0.308. The number of aromatic nitrogens is 2. The van der Waals surface area contributed by atoms with E-state index in [2.05, 4.69) is 42.8 Å². The van der Waals surface area contributed by atoms with Gasteiger partial charge in [-0.2, -0.15) is 4.37 Å². The number of hydrogen-bond donors (Lipinski definition) is 2. The van der Waals surface area contributed by atoms with Crippen molar-refractivity contribution in [2.75, 3.05) is 11.9 Å². The molecule has 0 spiro atoms. The minimum absolute atomic E-state index is 0.00316. The predicted octanol–water partition coefficient (Wildman–Crippen LogP) is 3.44. The van der Waals surface area contributed by atoms with E-state index in [4.69, 9.17) is 0 Å². The fourth-order valence-corrected chi connectivity index (χ4v) is 4.18. The molecular formula is C13H13BrN4OS2. The van der Waals surface area contributed by atoms with Crippen molar-refractivity contribution < 1.29 is 4.79 Å². The Labute approximate surface area is 139 Å². The first-order chi connectivity index (χ1) is 10.2. The molecule has 2 aromatic rings. The van der Waals surface area contributed by atoms with Gasteiger partial charge < -0.3 is 10.6 Å². The third-order valence-electron chi connectivity index (χ3n) is 3.07. The van der Waals surface area contributed by atoms with E-state index in [-0.39, 0.29) is 11.9 Å². The fourth-order valence-electron chi connectivity index (χ4n) is 2.13. The van der Waals surface area contributed by atoms with Gasteiger partial charge in [-0.15, -0.1) is 0 Å². The first-order valence-corrected chi connectivity index (χ1v) is 8.89. The van der Waals surface area contributed by atoms with Crippen molar-refractivity contribution in [1.29, 1.82) is 0 Å². The molecule has 1 aromatic heterocycles. The Morgan fingerprint density at radius 3 is 3.10 bits per heavy atom. The Morgan fingerprint density at radius 2 is 2.38 bits per heavy atom. The SMILES string of the molecule is CCCNC1C(=O)Nc2cc(Sc3ncns3)c(Br)cc21. The smallest absolute Gasteiger partial charge is 0.246 e. The minimum atomic E-state index is -0.267. The molecular weight excluding hydrogens is 372 g/mol. The number of fused-ring (bicyclic) bond motifs is 1. The molecule has 5 nitrogen and oxygen atoms in total. The summed E-state index contributed by atoms with van der Waals surface area (Å²) in [4.78, 5) is 17.2. The summed E-state index contributed by atoms with van der Waals surface area (Å²) in [5.41, 5.74) is 1.85. The summed E-state index contributed by atoms with van der Waals surface area (Å²) in [5, 5.41) is 6.20. The van der Waals surface area contributed by atoms with Gasteiger partial charge in [0.2, 0.25) is 5.91 Å². The Morgan fingerprint density at radius 1 is 1.52 bits per heavy atom. The lowest BCUT2D eigenvalue weighted by molar-refractivity contribution is -0.117. The molecule has 0 fully saturated rings. The van der Waals surface area contributed by atoms with Crippen LogP contribution in [0.15, 0.2) is 32.2 Å². The van der Waals surface area contributed by atoms with Crippen molar-refractivity contribution in [2.24, 2.45) is 0 Å². The molecule has 2 N–H and O–H groups in total. The molecule has 0 saturated carbocycles. The van der Waals surface area contributed by atoms with Gasteiger partial charge in [-0.05, 0) is 52.6 Å². The number of amides is 1. The van der Waals surface area contributed by atoms with Crippen LogP contribution in [0.4, 0.5) is 5.69 Å². The Bertz CT molecular complexity index is 662. The third-order valence-corrected chi connectivity index (χ3v) is 5.76. The molecule has 8 heteroatoms. The largest absolute Gasteiger partial charge is 0.324 e. The molecule has 0 radical (unpaired) electrons. The van der Waals surface area contributed by atoms with E-state index in [1.807, 2.05) is 12.1 Å². The maximum Gasteiger partial charge on any atom is 0.246 e. The Hall–Kier alpha value is -0.960. The van der Waals surface area contributed by atoms with Crippen LogP contribution in [0.5, 0.6) is 0 Å². The maximum absolute atomic E-state index is 12.1. The summed E-state index contributed by atoms with van der Waals surface area (Å²) in [6, 6.07) is 3.72. The average Bonchev–Trinajstić information content (AvgIpc) is 3.05. The molecule has 1 atom stereocenters. The molecule has 110 valence electrons. The van der Waals surface area contributed by atoms with Gasteiger partial charge in [0.15, 0.2) is 4.34 Å². The molecule has 3 rings (SSSR count). The highest BCUT2D eigenvalue weighted by atomic mass is 79.9. The second kappa shape index (κ2) is 6.43. The lowest BCUT2D eigenvalue weighted by atomic mass is 10.1. The topological polar surface area (TPSA) is 66.9 Å². The molecule has 1 aromatic carbocycles. The highest BCUT2D eigenvalue weighted by Crippen LogP contribution is 2.41.